The number of thioether (sulfide) groups is 1. The lowest BCUT2D eigenvalue weighted by Gasteiger charge is -2.14. The van der Waals surface area contributed by atoms with Gasteiger partial charge in [-0.2, -0.15) is 0 Å². The zero-order chi connectivity index (χ0) is 11.5. The zero-order valence-corrected chi connectivity index (χ0v) is 9.17. The summed E-state index contributed by atoms with van der Waals surface area (Å²) in [6.45, 7) is 6.70. The molecule has 0 rings (SSSR count). The van der Waals surface area contributed by atoms with E-state index < -0.39 is 5.92 Å². The lowest BCUT2D eigenvalue weighted by atomic mass is 10.3. The Bertz CT molecular complexity index is 288. The van der Waals surface area contributed by atoms with Crippen molar-refractivity contribution in [1.82, 2.24) is 0 Å². The van der Waals surface area contributed by atoms with Crippen molar-refractivity contribution in [3.8, 4) is 0 Å². The molecule has 80 valence electrons. The summed E-state index contributed by atoms with van der Waals surface area (Å²) in [5.74, 6) is -3.35. The monoisotopic (exact) mass is 221 g/mol. The van der Waals surface area contributed by atoms with Crippen LogP contribution in [0.4, 0.5) is 8.78 Å². The van der Waals surface area contributed by atoms with E-state index in [4.69, 9.17) is 5.73 Å². The first-order valence-electron chi connectivity index (χ1n) is 3.88. The highest BCUT2D eigenvalue weighted by atomic mass is 32.2. The standard InChI is InChI=1S/C9H13F2NOS/c1-5(12)8(6(2)13)14-7(3)9(4,10)11/h3,12H2,1-2,4H3/b8-5-. The number of halogens is 2. The van der Waals surface area contributed by atoms with Crippen LogP contribution in [-0.4, -0.2) is 11.7 Å². The molecule has 0 atom stereocenters. The Morgan fingerprint density at radius 3 is 2.07 bits per heavy atom. The van der Waals surface area contributed by atoms with E-state index in [-0.39, 0.29) is 21.3 Å². The Kier molecular flexibility index (Phi) is 4.32. The van der Waals surface area contributed by atoms with E-state index in [0.29, 0.717) is 11.8 Å². The predicted molar refractivity (Wildman–Crippen MR) is 54.9 cm³/mol. The molecule has 0 aromatic heterocycles. The predicted octanol–water partition coefficient (Wildman–Crippen LogP) is 2.67. The molecule has 2 nitrogen and oxygen atoms in total. The van der Waals surface area contributed by atoms with Gasteiger partial charge in [0.15, 0.2) is 5.78 Å². The molecule has 0 bridgehead atoms. The quantitative estimate of drug-likeness (QED) is 0.742. The normalized spacial score (nSPS) is 13.5. The van der Waals surface area contributed by atoms with Crippen LogP contribution in [0.5, 0.6) is 0 Å². The third kappa shape index (κ3) is 3.91. The van der Waals surface area contributed by atoms with Crippen molar-refractivity contribution < 1.29 is 13.6 Å². The van der Waals surface area contributed by atoms with E-state index in [1.54, 1.807) is 0 Å². The highest BCUT2D eigenvalue weighted by molar-refractivity contribution is 8.07. The van der Waals surface area contributed by atoms with E-state index >= 15 is 0 Å². The van der Waals surface area contributed by atoms with Crippen LogP contribution in [-0.2, 0) is 4.79 Å². The van der Waals surface area contributed by atoms with Crippen molar-refractivity contribution in [2.45, 2.75) is 26.7 Å². The summed E-state index contributed by atoms with van der Waals surface area (Å²) >= 11 is 0.628. The number of hydrogen-bond acceptors (Lipinski definition) is 3. The van der Waals surface area contributed by atoms with Crippen LogP contribution in [0.15, 0.2) is 22.1 Å². The van der Waals surface area contributed by atoms with Gasteiger partial charge in [0.05, 0.1) is 9.81 Å². The lowest BCUT2D eigenvalue weighted by molar-refractivity contribution is -0.113. The first-order valence-corrected chi connectivity index (χ1v) is 4.70. The van der Waals surface area contributed by atoms with Crippen molar-refractivity contribution in [2.24, 2.45) is 5.73 Å². The van der Waals surface area contributed by atoms with Crippen LogP contribution in [0.25, 0.3) is 0 Å². The molecule has 0 amide bonds. The molecule has 0 saturated carbocycles. The molecular weight excluding hydrogens is 208 g/mol. The minimum absolute atomic E-state index is 0.122. The highest BCUT2D eigenvalue weighted by Crippen LogP contribution is 2.36. The molecule has 0 saturated heterocycles. The summed E-state index contributed by atoms with van der Waals surface area (Å²) in [5.41, 5.74) is 5.61. The minimum Gasteiger partial charge on any atom is -0.401 e. The van der Waals surface area contributed by atoms with Crippen LogP contribution in [0, 0.1) is 0 Å². The Hall–Kier alpha value is -0.840. The van der Waals surface area contributed by atoms with Gasteiger partial charge in [0.25, 0.3) is 5.92 Å². The second kappa shape index (κ2) is 4.59. The van der Waals surface area contributed by atoms with E-state index in [1.807, 2.05) is 0 Å². The number of carbonyl (C=O) groups is 1. The molecule has 0 heterocycles. The zero-order valence-electron chi connectivity index (χ0n) is 8.36. The van der Waals surface area contributed by atoms with Gasteiger partial charge < -0.3 is 5.73 Å². The summed E-state index contributed by atoms with van der Waals surface area (Å²) in [6.07, 6.45) is 0. The van der Waals surface area contributed by atoms with Gasteiger partial charge in [-0.15, -0.1) is 0 Å². The Morgan fingerprint density at radius 1 is 1.43 bits per heavy atom. The maximum Gasteiger partial charge on any atom is 0.275 e. The van der Waals surface area contributed by atoms with Gasteiger partial charge in [0, 0.05) is 12.6 Å². The fraction of sp³-hybridized carbons (Fsp3) is 0.444. The number of nitrogens with two attached hydrogens (primary N) is 1. The summed E-state index contributed by atoms with van der Waals surface area (Å²) in [5, 5.41) is 0. The van der Waals surface area contributed by atoms with Crippen LogP contribution >= 0.6 is 11.8 Å². The van der Waals surface area contributed by atoms with Crippen LogP contribution in [0.3, 0.4) is 0 Å². The molecule has 14 heavy (non-hydrogen) atoms. The van der Waals surface area contributed by atoms with Gasteiger partial charge in [0.2, 0.25) is 0 Å². The smallest absolute Gasteiger partial charge is 0.275 e. The minimum atomic E-state index is -3.01. The molecule has 0 aromatic carbocycles. The molecule has 0 aliphatic rings. The highest BCUT2D eigenvalue weighted by Gasteiger charge is 2.28. The van der Waals surface area contributed by atoms with Gasteiger partial charge in [-0.25, -0.2) is 8.78 Å². The van der Waals surface area contributed by atoms with Crippen molar-refractivity contribution in [2.75, 3.05) is 0 Å². The number of Topliss-reactive ketones (excluding diaryl/α,β-unsaturated/α-hetero) is 1. The Balaban J connectivity index is 4.76. The average Bonchev–Trinajstić information content (AvgIpc) is 1.96. The molecule has 0 unspecified atom stereocenters. The first kappa shape index (κ1) is 13.2. The summed E-state index contributed by atoms with van der Waals surface area (Å²) in [6, 6.07) is 0. The van der Waals surface area contributed by atoms with E-state index in [1.165, 1.54) is 13.8 Å². The molecule has 0 aliphatic heterocycles. The average molecular weight is 221 g/mol. The fourth-order valence-electron chi connectivity index (χ4n) is 0.643. The van der Waals surface area contributed by atoms with Gasteiger partial charge in [-0.3, -0.25) is 4.79 Å². The number of alkyl halides is 2. The molecule has 0 spiro atoms. The van der Waals surface area contributed by atoms with Gasteiger partial charge in [0.1, 0.15) is 0 Å². The van der Waals surface area contributed by atoms with Crippen molar-refractivity contribution in [3.05, 3.63) is 22.1 Å². The van der Waals surface area contributed by atoms with Crippen LogP contribution in [0.2, 0.25) is 0 Å². The van der Waals surface area contributed by atoms with Gasteiger partial charge in [-0.1, -0.05) is 18.3 Å². The first-order chi connectivity index (χ1) is 6.16. The van der Waals surface area contributed by atoms with E-state index in [2.05, 4.69) is 6.58 Å². The number of hydrogen-bond donors (Lipinski definition) is 1. The van der Waals surface area contributed by atoms with Crippen molar-refractivity contribution in [3.63, 3.8) is 0 Å². The molecule has 0 aromatic rings. The summed E-state index contributed by atoms with van der Waals surface area (Å²) in [4.78, 5) is 10.7. The molecule has 5 heteroatoms. The van der Waals surface area contributed by atoms with Crippen molar-refractivity contribution in [1.29, 1.82) is 0 Å². The molecule has 2 N–H and O–H groups in total. The van der Waals surface area contributed by atoms with Crippen LogP contribution < -0.4 is 5.73 Å². The topological polar surface area (TPSA) is 43.1 Å². The number of allylic oxidation sites excluding steroid dienone is 3. The maximum absolute atomic E-state index is 12.7. The van der Waals surface area contributed by atoms with E-state index in [9.17, 15) is 13.6 Å². The molecule has 0 fully saturated rings. The summed E-state index contributed by atoms with van der Waals surface area (Å²) in [7, 11) is 0. The van der Waals surface area contributed by atoms with Crippen molar-refractivity contribution >= 4 is 17.5 Å². The second-order valence-electron chi connectivity index (χ2n) is 2.98. The van der Waals surface area contributed by atoms with Crippen LogP contribution in [0.1, 0.15) is 20.8 Å². The number of rotatable bonds is 4. The third-order valence-electron chi connectivity index (χ3n) is 1.39. The fourth-order valence-corrected chi connectivity index (χ4v) is 1.37. The van der Waals surface area contributed by atoms with Gasteiger partial charge >= 0.3 is 0 Å². The largest absolute Gasteiger partial charge is 0.401 e. The number of carbonyl (C=O) groups excluding carboxylic acids is 1. The molecular formula is C9H13F2NOS. The Labute approximate surface area is 86.2 Å². The van der Waals surface area contributed by atoms with Gasteiger partial charge in [-0.05, 0) is 13.8 Å². The number of ketones is 1. The molecule has 0 aliphatic carbocycles. The SMILES string of the molecule is C=C(S/C(C(C)=O)=C(/C)N)C(C)(F)F. The Morgan fingerprint density at radius 2 is 1.86 bits per heavy atom. The second-order valence-corrected chi connectivity index (χ2v) is 4.09. The van der Waals surface area contributed by atoms with E-state index in [0.717, 1.165) is 6.92 Å². The maximum atomic E-state index is 12.7. The molecule has 0 radical (unpaired) electrons. The third-order valence-corrected chi connectivity index (χ3v) is 2.81. The lowest BCUT2D eigenvalue weighted by Crippen LogP contribution is -2.12. The summed E-state index contributed by atoms with van der Waals surface area (Å²) < 4.78 is 25.4.